The van der Waals surface area contributed by atoms with Gasteiger partial charge in [-0.05, 0) is 23.0 Å². The van der Waals surface area contributed by atoms with Crippen LogP contribution >= 0.6 is 0 Å². The van der Waals surface area contributed by atoms with Gasteiger partial charge in [0.15, 0.2) is 0 Å². The van der Waals surface area contributed by atoms with E-state index >= 15 is 0 Å². The molecule has 4 rings (SSSR count). The minimum Gasteiger partial charge on any atom is -0.447 e. The van der Waals surface area contributed by atoms with Crippen molar-refractivity contribution in [1.29, 1.82) is 0 Å². The van der Waals surface area contributed by atoms with Crippen molar-refractivity contribution in [3.8, 4) is 0 Å². The molecule has 2 saturated heterocycles. The van der Waals surface area contributed by atoms with Crippen molar-refractivity contribution < 1.29 is 28.7 Å². The maximum Gasteiger partial charge on any atom is 0.417 e. The van der Waals surface area contributed by atoms with Gasteiger partial charge in [0.1, 0.15) is 13.2 Å². The van der Waals surface area contributed by atoms with Gasteiger partial charge in [-0.3, -0.25) is 9.59 Å². The first kappa shape index (κ1) is 25.4. The number of imide groups is 2. The van der Waals surface area contributed by atoms with Crippen molar-refractivity contribution in [2.75, 3.05) is 13.2 Å². The van der Waals surface area contributed by atoms with Crippen molar-refractivity contribution in [3.05, 3.63) is 71.8 Å². The first-order valence-electron chi connectivity index (χ1n) is 12.3. The van der Waals surface area contributed by atoms with E-state index in [1.807, 2.05) is 39.8 Å². The van der Waals surface area contributed by atoms with Crippen molar-refractivity contribution in [1.82, 2.24) is 9.80 Å². The highest BCUT2D eigenvalue weighted by atomic mass is 16.6. The topological polar surface area (TPSA) is 93.2 Å². The van der Waals surface area contributed by atoms with Gasteiger partial charge in [-0.1, -0.05) is 88.4 Å². The average Bonchev–Trinajstić information content (AvgIpc) is 3.45. The summed E-state index contributed by atoms with van der Waals surface area (Å²) >= 11 is 0. The van der Waals surface area contributed by atoms with E-state index in [0.717, 1.165) is 9.80 Å². The van der Waals surface area contributed by atoms with Gasteiger partial charge in [0.25, 0.3) is 0 Å². The summed E-state index contributed by atoms with van der Waals surface area (Å²) in [6.07, 6.45) is -1.45. The Balaban J connectivity index is 1.87. The van der Waals surface area contributed by atoms with Crippen molar-refractivity contribution in [3.63, 3.8) is 0 Å². The highest BCUT2D eigenvalue weighted by Crippen LogP contribution is 2.39. The molecule has 4 amide bonds. The van der Waals surface area contributed by atoms with Crippen LogP contribution in [0.25, 0.3) is 0 Å². The smallest absolute Gasteiger partial charge is 0.417 e. The van der Waals surface area contributed by atoms with Crippen molar-refractivity contribution in [2.24, 2.45) is 11.8 Å². The SMILES string of the molecule is CC(C)[C@H]1COC(=O)N1C(=O)[C@H](c1ccccc1)[C@H](C(=O)N1C(=O)OC[C@@H]1C(C)C)c1ccccc1. The summed E-state index contributed by atoms with van der Waals surface area (Å²) < 4.78 is 10.5. The zero-order valence-electron chi connectivity index (χ0n) is 21.0. The number of amides is 4. The molecule has 2 aliphatic heterocycles. The predicted octanol–water partition coefficient (Wildman–Crippen LogP) is 4.56. The molecule has 190 valence electrons. The number of ether oxygens (including phenoxy) is 2. The standard InChI is InChI=1S/C28H32N2O6/c1-17(2)21-15-35-27(33)29(21)25(31)23(19-11-7-5-8-12-19)24(20-13-9-6-10-14-20)26(32)30-22(18(3)4)16-36-28(30)34/h5-14,17-18,21-24H,15-16H2,1-4H3/t21-,22-,23-,24-/m1/s1. The molecule has 4 atom stereocenters. The molecule has 0 saturated carbocycles. The molecule has 0 bridgehead atoms. The minimum atomic E-state index is -1.06. The Morgan fingerprint density at radius 1 is 0.667 bits per heavy atom. The van der Waals surface area contributed by atoms with Gasteiger partial charge >= 0.3 is 12.2 Å². The molecule has 2 fully saturated rings. The monoisotopic (exact) mass is 492 g/mol. The zero-order valence-corrected chi connectivity index (χ0v) is 21.0. The summed E-state index contributed by atoms with van der Waals surface area (Å²) in [4.78, 5) is 56.3. The molecule has 2 aromatic carbocycles. The Bertz CT molecular complexity index is 1030. The maximum atomic E-state index is 14.2. The van der Waals surface area contributed by atoms with Crippen LogP contribution in [0.15, 0.2) is 60.7 Å². The van der Waals surface area contributed by atoms with Crippen molar-refractivity contribution in [2.45, 2.75) is 51.6 Å². The number of hydrogen-bond acceptors (Lipinski definition) is 6. The predicted molar refractivity (Wildman–Crippen MR) is 132 cm³/mol. The van der Waals surface area contributed by atoms with Crippen LogP contribution in [0.1, 0.15) is 50.7 Å². The van der Waals surface area contributed by atoms with E-state index < -0.39 is 47.9 Å². The van der Waals surface area contributed by atoms with E-state index in [2.05, 4.69) is 0 Å². The van der Waals surface area contributed by atoms with Gasteiger partial charge < -0.3 is 9.47 Å². The molecule has 0 N–H and O–H groups in total. The number of benzene rings is 2. The number of cyclic esters (lactones) is 2. The van der Waals surface area contributed by atoms with Crippen LogP contribution in [0.3, 0.4) is 0 Å². The first-order chi connectivity index (χ1) is 17.2. The molecule has 0 aromatic heterocycles. The summed E-state index contributed by atoms with van der Waals surface area (Å²) in [6.45, 7) is 7.86. The lowest BCUT2D eigenvalue weighted by atomic mass is 9.78. The second kappa shape index (κ2) is 10.5. The van der Waals surface area contributed by atoms with Crippen molar-refractivity contribution >= 4 is 24.0 Å². The van der Waals surface area contributed by atoms with E-state index in [0.29, 0.717) is 11.1 Å². The number of carbonyl (C=O) groups excluding carboxylic acids is 4. The van der Waals surface area contributed by atoms with E-state index in [4.69, 9.17) is 9.47 Å². The van der Waals surface area contributed by atoms with Gasteiger partial charge in [-0.2, -0.15) is 0 Å². The second-order valence-corrected chi connectivity index (χ2v) is 9.97. The number of rotatable bonds is 7. The summed E-state index contributed by atoms with van der Waals surface area (Å²) in [5, 5.41) is 0. The highest BCUT2D eigenvalue weighted by molar-refractivity contribution is 6.04. The summed E-state index contributed by atoms with van der Waals surface area (Å²) in [7, 11) is 0. The lowest BCUT2D eigenvalue weighted by molar-refractivity contribution is -0.139. The van der Waals surface area contributed by atoms with E-state index in [-0.39, 0.29) is 25.0 Å². The minimum absolute atomic E-state index is 0.0402. The third-order valence-corrected chi connectivity index (χ3v) is 7.01. The van der Waals surface area contributed by atoms with Crippen LogP contribution in [-0.2, 0) is 19.1 Å². The fourth-order valence-electron chi connectivity index (χ4n) is 4.94. The molecule has 0 spiro atoms. The molecule has 0 unspecified atom stereocenters. The van der Waals surface area contributed by atoms with Crippen LogP contribution in [0.4, 0.5) is 9.59 Å². The van der Waals surface area contributed by atoms with Crippen LogP contribution in [0.5, 0.6) is 0 Å². The molecule has 36 heavy (non-hydrogen) atoms. The Hall–Kier alpha value is -3.68. The molecule has 2 aliphatic rings. The second-order valence-electron chi connectivity index (χ2n) is 9.97. The molecular weight excluding hydrogens is 460 g/mol. The lowest BCUT2D eigenvalue weighted by Crippen LogP contribution is -2.49. The Kier molecular flexibility index (Phi) is 7.43. The molecule has 2 heterocycles. The van der Waals surface area contributed by atoms with Gasteiger partial charge in [-0.25, -0.2) is 19.4 Å². The van der Waals surface area contributed by atoms with Gasteiger partial charge in [0.05, 0.1) is 23.9 Å². The van der Waals surface area contributed by atoms with Crippen LogP contribution in [-0.4, -0.2) is 59.1 Å². The van der Waals surface area contributed by atoms with E-state index in [1.54, 1.807) is 48.5 Å². The third-order valence-electron chi connectivity index (χ3n) is 7.01. The number of carbonyl (C=O) groups is 4. The van der Waals surface area contributed by atoms with Gasteiger partial charge in [0, 0.05) is 0 Å². The van der Waals surface area contributed by atoms with Gasteiger partial charge in [0.2, 0.25) is 11.8 Å². The summed E-state index contributed by atoms with van der Waals surface area (Å²) in [5.74, 6) is -3.26. The molecule has 8 nitrogen and oxygen atoms in total. The molecular formula is C28H32N2O6. The Morgan fingerprint density at radius 2 is 1.00 bits per heavy atom. The van der Waals surface area contributed by atoms with Crippen LogP contribution in [0, 0.1) is 11.8 Å². The van der Waals surface area contributed by atoms with E-state index in [9.17, 15) is 19.2 Å². The van der Waals surface area contributed by atoms with Gasteiger partial charge in [-0.15, -0.1) is 0 Å². The molecule has 0 radical (unpaired) electrons. The third kappa shape index (κ3) is 4.72. The average molecular weight is 493 g/mol. The molecule has 0 aliphatic carbocycles. The largest absolute Gasteiger partial charge is 0.447 e. The fraction of sp³-hybridized carbons (Fsp3) is 0.429. The zero-order chi connectivity index (χ0) is 26.0. The Morgan fingerprint density at radius 3 is 1.31 bits per heavy atom. The van der Waals surface area contributed by atoms with Crippen LogP contribution < -0.4 is 0 Å². The summed E-state index contributed by atoms with van der Waals surface area (Å²) in [6, 6.07) is 16.9. The number of hydrogen-bond donors (Lipinski definition) is 0. The number of nitrogens with zero attached hydrogens (tertiary/aromatic N) is 2. The Labute approximate surface area is 211 Å². The summed E-state index contributed by atoms with van der Waals surface area (Å²) in [5.41, 5.74) is 1.14. The molecule has 2 aromatic rings. The normalized spacial score (nSPS) is 21.5. The highest BCUT2D eigenvalue weighted by Gasteiger charge is 2.50. The fourth-order valence-corrected chi connectivity index (χ4v) is 4.94. The lowest BCUT2D eigenvalue weighted by Gasteiger charge is -2.34. The first-order valence-corrected chi connectivity index (χ1v) is 12.3. The quantitative estimate of drug-likeness (QED) is 0.563. The molecule has 8 heteroatoms. The maximum absolute atomic E-state index is 14.2. The van der Waals surface area contributed by atoms with E-state index in [1.165, 1.54) is 0 Å². The van der Waals surface area contributed by atoms with Crippen LogP contribution in [0.2, 0.25) is 0 Å².